The second kappa shape index (κ2) is 7.00. The van der Waals surface area contributed by atoms with E-state index in [0.717, 1.165) is 5.69 Å². The first-order valence-corrected chi connectivity index (χ1v) is 8.17. The molecule has 0 saturated carbocycles. The van der Waals surface area contributed by atoms with Crippen molar-refractivity contribution in [3.63, 3.8) is 0 Å². The summed E-state index contributed by atoms with van der Waals surface area (Å²) < 4.78 is 6.59. The van der Waals surface area contributed by atoms with E-state index in [9.17, 15) is 9.59 Å². The molecule has 0 aliphatic rings. The quantitative estimate of drug-likeness (QED) is 0.629. The largest absolute Gasteiger partial charge is 0.454 e. The fraction of sp³-hybridized carbons (Fsp3) is 0.125. The molecule has 9 heteroatoms. The summed E-state index contributed by atoms with van der Waals surface area (Å²) in [5.41, 5.74) is 1.10. The molecule has 25 heavy (non-hydrogen) atoms. The number of pyridine rings is 2. The van der Waals surface area contributed by atoms with Crippen molar-refractivity contribution in [1.29, 1.82) is 0 Å². The van der Waals surface area contributed by atoms with Crippen molar-refractivity contribution in [2.45, 2.75) is 13.5 Å². The summed E-state index contributed by atoms with van der Waals surface area (Å²) in [6, 6.07) is 6.58. The molecule has 0 unspecified atom stereocenters. The first-order valence-electron chi connectivity index (χ1n) is 7.03. The predicted molar refractivity (Wildman–Crippen MR) is 94.6 cm³/mol. The first kappa shape index (κ1) is 17.7. The van der Waals surface area contributed by atoms with Gasteiger partial charge in [0, 0.05) is 18.0 Å². The van der Waals surface area contributed by atoms with Crippen molar-refractivity contribution in [1.82, 2.24) is 14.4 Å². The van der Waals surface area contributed by atoms with Crippen molar-refractivity contribution < 1.29 is 9.53 Å². The maximum atomic E-state index is 12.2. The van der Waals surface area contributed by atoms with Gasteiger partial charge in [0.25, 0.3) is 5.56 Å². The molecule has 0 aliphatic carbocycles. The third-order valence-corrected chi connectivity index (χ3v) is 4.64. The highest BCUT2D eigenvalue weighted by Gasteiger charge is 2.19. The van der Waals surface area contributed by atoms with Gasteiger partial charge in [0.1, 0.15) is 12.3 Å². The molecule has 3 aromatic heterocycles. The molecule has 0 aliphatic heterocycles. The van der Waals surface area contributed by atoms with E-state index < -0.39 is 5.97 Å². The Bertz CT molecular complexity index is 1050. The summed E-state index contributed by atoms with van der Waals surface area (Å²) in [6.45, 7) is 1.59. The van der Waals surface area contributed by atoms with Crippen LogP contribution in [0.1, 0.15) is 21.9 Å². The van der Waals surface area contributed by atoms with Crippen LogP contribution < -0.4 is 5.56 Å². The standard InChI is InChI=1S/C16H10Cl3N3O3/c1-8-3-2-4-11-21-9(5-12(23)22(8)11)7-25-16(24)15-14(19)13(18)10(17)6-20-15/h2-6H,7H2,1H3. The molecule has 0 amide bonds. The number of carbonyl (C=O) groups excluding carboxylic acids is 1. The van der Waals surface area contributed by atoms with Crippen LogP contribution in [-0.4, -0.2) is 20.3 Å². The number of esters is 1. The average molecular weight is 399 g/mol. The number of fused-ring (bicyclic) bond motifs is 1. The topological polar surface area (TPSA) is 73.6 Å². The van der Waals surface area contributed by atoms with Gasteiger partial charge in [-0.15, -0.1) is 0 Å². The van der Waals surface area contributed by atoms with Crippen LogP contribution in [0.2, 0.25) is 15.1 Å². The van der Waals surface area contributed by atoms with Crippen molar-refractivity contribution >= 4 is 46.4 Å². The van der Waals surface area contributed by atoms with Crippen LogP contribution in [-0.2, 0) is 11.3 Å². The lowest BCUT2D eigenvalue weighted by Gasteiger charge is -2.08. The minimum absolute atomic E-state index is 0.0165. The summed E-state index contributed by atoms with van der Waals surface area (Å²) in [5.74, 6) is -0.796. The molecule has 0 saturated heterocycles. The molecule has 0 aromatic carbocycles. The molecule has 0 spiro atoms. The zero-order valence-electron chi connectivity index (χ0n) is 12.8. The normalized spacial score (nSPS) is 10.9. The lowest BCUT2D eigenvalue weighted by atomic mass is 10.3. The molecule has 0 bridgehead atoms. The van der Waals surface area contributed by atoms with Gasteiger partial charge in [-0.2, -0.15) is 0 Å². The fourth-order valence-corrected chi connectivity index (χ4v) is 2.79. The first-order chi connectivity index (χ1) is 11.9. The fourth-order valence-electron chi connectivity index (χ4n) is 2.23. The van der Waals surface area contributed by atoms with Crippen LogP contribution in [0.4, 0.5) is 0 Å². The van der Waals surface area contributed by atoms with Gasteiger partial charge < -0.3 is 4.74 Å². The lowest BCUT2D eigenvalue weighted by molar-refractivity contribution is 0.0461. The second-order valence-electron chi connectivity index (χ2n) is 5.11. The Hall–Kier alpha value is -2.15. The van der Waals surface area contributed by atoms with Gasteiger partial charge in [-0.05, 0) is 19.1 Å². The van der Waals surface area contributed by atoms with Crippen LogP contribution in [0.25, 0.3) is 5.65 Å². The highest BCUT2D eigenvalue weighted by molar-refractivity contribution is 6.48. The van der Waals surface area contributed by atoms with Crippen molar-refractivity contribution in [3.05, 3.63) is 73.0 Å². The van der Waals surface area contributed by atoms with E-state index >= 15 is 0 Å². The van der Waals surface area contributed by atoms with E-state index in [-0.39, 0.29) is 32.9 Å². The van der Waals surface area contributed by atoms with Crippen molar-refractivity contribution in [2.24, 2.45) is 0 Å². The summed E-state index contributed by atoms with van der Waals surface area (Å²) in [5, 5.41) is 0.0481. The number of nitrogens with zero attached hydrogens (tertiary/aromatic N) is 3. The maximum absolute atomic E-state index is 12.2. The van der Waals surface area contributed by atoms with E-state index in [1.807, 2.05) is 0 Å². The molecule has 6 nitrogen and oxygen atoms in total. The molecule has 128 valence electrons. The zero-order valence-corrected chi connectivity index (χ0v) is 15.1. The minimum atomic E-state index is -0.796. The molecule has 0 atom stereocenters. The molecule has 3 aromatic rings. The van der Waals surface area contributed by atoms with Gasteiger partial charge in [0.15, 0.2) is 5.69 Å². The SMILES string of the molecule is Cc1cccc2nc(COC(=O)c3ncc(Cl)c(Cl)c3Cl)cc(=O)n12. The number of hydrogen-bond donors (Lipinski definition) is 0. The second-order valence-corrected chi connectivity index (χ2v) is 6.27. The summed E-state index contributed by atoms with van der Waals surface area (Å²) in [6.07, 6.45) is 1.20. The summed E-state index contributed by atoms with van der Waals surface area (Å²) in [7, 11) is 0. The van der Waals surface area contributed by atoms with Crippen molar-refractivity contribution in [3.8, 4) is 0 Å². The molecular formula is C16H10Cl3N3O3. The highest BCUT2D eigenvalue weighted by Crippen LogP contribution is 2.31. The minimum Gasteiger partial charge on any atom is -0.454 e. The third-order valence-electron chi connectivity index (χ3n) is 3.39. The molecule has 3 heterocycles. The monoisotopic (exact) mass is 397 g/mol. The third kappa shape index (κ3) is 3.46. The number of carbonyl (C=O) groups is 1. The summed E-state index contributed by atoms with van der Waals surface area (Å²) >= 11 is 17.6. The summed E-state index contributed by atoms with van der Waals surface area (Å²) in [4.78, 5) is 32.4. The Kier molecular flexibility index (Phi) is 4.94. The van der Waals surface area contributed by atoms with Gasteiger partial charge in [-0.25, -0.2) is 14.8 Å². The number of aryl methyl sites for hydroxylation is 1. The van der Waals surface area contributed by atoms with Crippen LogP contribution in [0.5, 0.6) is 0 Å². The zero-order chi connectivity index (χ0) is 18.1. The number of aromatic nitrogens is 3. The van der Waals surface area contributed by atoms with Gasteiger partial charge in [0.05, 0.1) is 20.8 Å². The van der Waals surface area contributed by atoms with Crippen LogP contribution in [0.15, 0.2) is 35.3 Å². The van der Waals surface area contributed by atoms with E-state index in [4.69, 9.17) is 39.5 Å². The molecular weight excluding hydrogens is 389 g/mol. The van der Waals surface area contributed by atoms with Gasteiger partial charge in [0.2, 0.25) is 0 Å². The Labute approximate surface area is 156 Å². The lowest BCUT2D eigenvalue weighted by Crippen LogP contribution is -2.18. The van der Waals surface area contributed by atoms with E-state index in [1.165, 1.54) is 16.7 Å². The number of rotatable bonds is 3. The highest BCUT2D eigenvalue weighted by atomic mass is 35.5. The van der Waals surface area contributed by atoms with Crippen LogP contribution in [0.3, 0.4) is 0 Å². The van der Waals surface area contributed by atoms with Gasteiger partial charge in [-0.1, -0.05) is 40.9 Å². The number of ether oxygens (including phenoxy) is 1. The molecule has 0 radical (unpaired) electrons. The van der Waals surface area contributed by atoms with E-state index in [0.29, 0.717) is 11.3 Å². The Balaban J connectivity index is 1.85. The molecule has 0 fully saturated rings. The van der Waals surface area contributed by atoms with E-state index in [2.05, 4.69) is 9.97 Å². The maximum Gasteiger partial charge on any atom is 0.358 e. The molecule has 0 N–H and O–H groups in total. The van der Waals surface area contributed by atoms with Crippen molar-refractivity contribution in [2.75, 3.05) is 0 Å². The van der Waals surface area contributed by atoms with Crippen LogP contribution in [0, 0.1) is 6.92 Å². The smallest absolute Gasteiger partial charge is 0.358 e. The Morgan fingerprint density at radius 3 is 2.76 bits per heavy atom. The Morgan fingerprint density at radius 1 is 1.24 bits per heavy atom. The van der Waals surface area contributed by atoms with E-state index in [1.54, 1.807) is 25.1 Å². The predicted octanol–water partition coefficient (Wildman–Crippen LogP) is 3.72. The number of halogens is 3. The average Bonchev–Trinajstić information content (AvgIpc) is 2.57. The van der Waals surface area contributed by atoms with Gasteiger partial charge in [-0.3, -0.25) is 9.20 Å². The number of hydrogen-bond acceptors (Lipinski definition) is 5. The molecule has 3 rings (SSSR count). The Morgan fingerprint density at radius 2 is 2.00 bits per heavy atom. The van der Waals surface area contributed by atoms with Gasteiger partial charge >= 0.3 is 5.97 Å². The van der Waals surface area contributed by atoms with Crippen LogP contribution >= 0.6 is 34.8 Å².